The molecule has 0 N–H and O–H groups in total. The Kier molecular flexibility index (Phi) is 5.87. The molecule has 5 nitrogen and oxygen atoms in total. The van der Waals surface area contributed by atoms with Gasteiger partial charge in [0.1, 0.15) is 0 Å². The van der Waals surface area contributed by atoms with Crippen molar-refractivity contribution in [3.05, 3.63) is 35.9 Å². The van der Waals surface area contributed by atoms with Gasteiger partial charge in [0.25, 0.3) is 5.91 Å². The first-order chi connectivity index (χ1) is 11.7. The highest BCUT2D eigenvalue weighted by molar-refractivity contribution is 5.94. The maximum atomic E-state index is 12.8. The summed E-state index contributed by atoms with van der Waals surface area (Å²) in [4.78, 5) is 17.3. The second-order valence-electron chi connectivity index (χ2n) is 7.02. The van der Waals surface area contributed by atoms with E-state index in [9.17, 15) is 4.79 Å². The fraction of sp³-hybridized carbons (Fsp3) is 0.632. The zero-order chi connectivity index (χ0) is 16.8. The van der Waals surface area contributed by atoms with Crippen LogP contribution in [0.4, 0.5) is 0 Å². The molecule has 0 bridgehead atoms. The second-order valence-corrected chi connectivity index (χ2v) is 7.02. The molecule has 0 radical (unpaired) electrons. The summed E-state index contributed by atoms with van der Waals surface area (Å²) in [6.45, 7) is 6.72. The molecule has 2 heterocycles. The molecule has 1 aromatic rings. The summed E-state index contributed by atoms with van der Waals surface area (Å²) in [5, 5.41) is 0. The van der Waals surface area contributed by atoms with Gasteiger partial charge in [0.05, 0.1) is 19.8 Å². The van der Waals surface area contributed by atoms with Gasteiger partial charge in [-0.2, -0.15) is 0 Å². The van der Waals surface area contributed by atoms with Gasteiger partial charge in [-0.3, -0.25) is 9.69 Å². The Morgan fingerprint density at radius 3 is 2.88 bits per heavy atom. The van der Waals surface area contributed by atoms with Crippen LogP contribution < -0.4 is 0 Å². The van der Waals surface area contributed by atoms with Gasteiger partial charge in [-0.25, -0.2) is 0 Å². The molecule has 0 aromatic heterocycles. The molecule has 5 heteroatoms. The van der Waals surface area contributed by atoms with Gasteiger partial charge in [0.2, 0.25) is 0 Å². The maximum absolute atomic E-state index is 12.8. The lowest BCUT2D eigenvalue weighted by molar-refractivity contribution is 0.00620. The Morgan fingerprint density at radius 2 is 2.08 bits per heavy atom. The highest BCUT2D eigenvalue weighted by atomic mass is 16.5. The van der Waals surface area contributed by atoms with Crippen LogP contribution in [0.3, 0.4) is 0 Å². The number of carbonyl (C=O) groups is 1. The lowest BCUT2D eigenvalue weighted by atomic mass is 9.80. The zero-order valence-corrected chi connectivity index (χ0v) is 14.6. The molecule has 2 aliphatic heterocycles. The maximum Gasteiger partial charge on any atom is 0.253 e. The van der Waals surface area contributed by atoms with E-state index in [2.05, 4.69) is 4.90 Å². The number of likely N-dealkylation sites (tertiary alicyclic amines) is 1. The van der Waals surface area contributed by atoms with E-state index in [1.165, 1.54) is 0 Å². The third-order valence-corrected chi connectivity index (χ3v) is 5.10. The van der Waals surface area contributed by atoms with E-state index in [4.69, 9.17) is 9.47 Å². The van der Waals surface area contributed by atoms with Crippen molar-refractivity contribution in [3.63, 3.8) is 0 Å². The van der Waals surface area contributed by atoms with Gasteiger partial charge < -0.3 is 14.4 Å². The summed E-state index contributed by atoms with van der Waals surface area (Å²) >= 11 is 0. The number of amides is 1. The van der Waals surface area contributed by atoms with Crippen molar-refractivity contribution < 1.29 is 14.3 Å². The SMILES string of the molecule is COCCN1CCOCC2(CCCN(C(=O)c3ccccc3)C2)C1. The lowest BCUT2D eigenvalue weighted by Crippen LogP contribution is -2.52. The molecular formula is C19H28N2O3. The van der Waals surface area contributed by atoms with Crippen molar-refractivity contribution in [2.45, 2.75) is 12.8 Å². The third kappa shape index (κ3) is 4.15. The normalized spacial score (nSPS) is 25.6. The first-order valence-corrected chi connectivity index (χ1v) is 8.86. The van der Waals surface area contributed by atoms with Crippen LogP contribution in [0.25, 0.3) is 0 Å². The summed E-state index contributed by atoms with van der Waals surface area (Å²) < 4.78 is 11.1. The molecule has 2 fully saturated rings. The van der Waals surface area contributed by atoms with Crippen molar-refractivity contribution in [3.8, 4) is 0 Å². The molecule has 0 saturated carbocycles. The van der Waals surface area contributed by atoms with Crippen LogP contribution in [0.1, 0.15) is 23.2 Å². The minimum atomic E-state index is 0.0485. The molecular weight excluding hydrogens is 304 g/mol. The lowest BCUT2D eigenvalue weighted by Gasteiger charge is -2.43. The molecule has 1 aromatic carbocycles. The number of hydrogen-bond donors (Lipinski definition) is 0. The number of carbonyl (C=O) groups excluding carboxylic acids is 1. The van der Waals surface area contributed by atoms with E-state index < -0.39 is 0 Å². The standard InChI is InChI=1S/C19H28N2O3/c1-23-12-10-20-11-13-24-16-19(14-20)8-5-9-21(15-19)18(22)17-6-3-2-4-7-17/h2-4,6-7H,5,8-16H2,1H3. The summed E-state index contributed by atoms with van der Waals surface area (Å²) in [6.07, 6.45) is 2.16. The second kappa shape index (κ2) is 8.10. The summed E-state index contributed by atoms with van der Waals surface area (Å²) in [6, 6.07) is 9.60. The summed E-state index contributed by atoms with van der Waals surface area (Å²) in [7, 11) is 1.74. The molecule has 2 aliphatic rings. The Bertz CT molecular complexity index is 537. The van der Waals surface area contributed by atoms with Crippen LogP contribution in [0.2, 0.25) is 0 Å². The number of rotatable bonds is 4. The minimum Gasteiger partial charge on any atom is -0.383 e. The Morgan fingerprint density at radius 1 is 1.25 bits per heavy atom. The summed E-state index contributed by atoms with van der Waals surface area (Å²) in [5.74, 6) is 0.141. The average Bonchev–Trinajstić information content (AvgIpc) is 2.82. The average molecular weight is 332 g/mol. The highest BCUT2D eigenvalue weighted by Crippen LogP contribution is 2.33. The number of methoxy groups -OCH3 is 1. The van der Waals surface area contributed by atoms with E-state index >= 15 is 0 Å². The van der Waals surface area contributed by atoms with Gasteiger partial charge in [-0.05, 0) is 25.0 Å². The topological polar surface area (TPSA) is 42.0 Å². The fourth-order valence-electron chi connectivity index (χ4n) is 3.88. The summed E-state index contributed by atoms with van der Waals surface area (Å²) in [5.41, 5.74) is 0.827. The number of ether oxygens (including phenoxy) is 2. The van der Waals surface area contributed by atoms with E-state index in [0.29, 0.717) is 0 Å². The van der Waals surface area contributed by atoms with E-state index in [1.54, 1.807) is 7.11 Å². The van der Waals surface area contributed by atoms with Crippen LogP contribution >= 0.6 is 0 Å². The predicted octanol–water partition coefficient (Wildman–Crippen LogP) is 1.89. The van der Waals surface area contributed by atoms with Crippen molar-refractivity contribution in [2.24, 2.45) is 5.41 Å². The van der Waals surface area contributed by atoms with Crippen LogP contribution in [0.5, 0.6) is 0 Å². The quantitative estimate of drug-likeness (QED) is 0.844. The van der Waals surface area contributed by atoms with Crippen molar-refractivity contribution in [1.82, 2.24) is 9.80 Å². The molecule has 1 unspecified atom stereocenters. The molecule has 2 saturated heterocycles. The van der Waals surface area contributed by atoms with Gasteiger partial charge in [0.15, 0.2) is 0 Å². The smallest absolute Gasteiger partial charge is 0.253 e. The fourth-order valence-corrected chi connectivity index (χ4v) is 3.88. The van der Waals surface area contributed by atoms with Gasteiger partial charge >= 0.3 is 0 Å². The molecule has 0 aliphatic carbocycles. The molecule has 1 amide bonds. The van der Waals surface area contributed by atoms with Gasteiger partial charge in [-0.15, -0.1) is 0 Å². The van der Waals surface area contributed by atoms with E-state index in [0.717, 1.165) is 70.9 Å². The van der Waals surface area contributed by atoms with Crippen molar-refractivity contribution >= 4 is 5.91 Å². The van der Waals surface area contributed by atoms with E-state index in [-0.39, 0.29) is 11.3 Å². The Hall–Kier alpha value is -1.43. The number of piperidine rings is 1. The largest absolute Gasteiger partial charge is 0.383 e. The van der Waals surface area contributed by atoms with E-state index in [1.807, 2.05) is 35.2 Å². The Labute approximate surface area is 144 Å². The molecule has 3 rings (SSSR count). The highest BCUT2D eigenvalue weighted by Gasteiger charge is 2.40. The molecule has 24 heavy (non-hydrogen) atoms. The molecule has 1 spiro atoms. The molecule has 1 atom stereocenters. The number of hydrogen-bond acceptors (Lipinski definition) is 4. The third-order valence-electron chi connectivity index (χ3n) is 5.10. The van der Waals surface area contributed by atoms with Gasteiger partial charge in [0, 0.05) is 50.8 Å². The van der Waals surface area contributed by atoms with Crippen LogP contribution in [-0.4, -0.2) is 75.4 Å². The van der Waals surface area contributed by atoms with Gasteiger partial charge in [-0.1, -0.05) is 18.2 Å². The monoisotopic (exact) mass is 332 g/mol. The van der Waals surface area contributed by atoms with Crippen molar-refractivity contribution in [2.75, 3.05) is 59.7 Å². The zero-order valence-electron chi connectivity index (χ0n) is 14.6. The molecule has 132 valence electrons. The first kappa shape index (κ1) is 17.4. The Balaban J connectivity index is 1.69. The minimum absolute atomic E-state index is 0.0485. The number of benzene rings is 1. The number of nitrogens with zero attached hydrogens (tertiary/aromatic N) is 2. The van der Waals surface area contributed by atoms with Crippen LogP contribution in [0.15, 0.2) is 30.3 Å². The first-order valence-electron chi connectivity index (χ1n) is 8.86. The van der Waals surface area contributed by atoms with Crippen LogP contribution in [0, 0.1) is 5.41 Å². The van der Waals surface area contributed by atoms with Crippen LogP contribution in [-0.2, 0) is 9.47 Å². The van der Waals surface area contributed by atoms with Crippen molar-refractivity contribution in [1.29, 1.82) is 0 Å². The predicted molar refractivity (Wildman–Crippen MR) is 93.1 cm³/mol.